The zero-order valence-electron chi connectivity index (χ0n) is 29.8. The molecule has 1 saturated carbocycles. The van der Waals surface area contributed by atoms with Crippen molar-refractivity contribution >= 4 is 52.1 Å². The number of benzene rings is 4. The van der Waals surface area contributed by atoms with Crippen molar-refractivity contribution in [3.05, 3.63) is 156 Å². The highest BCUT2D eigenvalue weighted by atomic mass is 19.4. The number of hydrogen-bond acceptors (Lipinski definition) is 7. The van der Waals surface area contributed by atoms with Crippen LogP contribution in [0.25, 0.3) is 5.70 Å². The van der Waals surface area contributed by atoms with Crippen LogP contribution in [0.3, 0.4) is 0 Å². The van der Waals surface area contributed by atoms with Gasteiger partial charge >= 0.3 is 6.18 Å². The summed E-state index contributed by atoms with van der Waals surface area (Å²) in [6.07, 6.45) is 2.32. The van der Waals surface area contributed by atoms with Crippen LogP contribution < -0.4 is 26.6 Å². The van der Waals surface area contributed by atoms with Crippen molar-refractivity contribution in [1.82, 2.24) is 15.3 Å². The van der Waals surface area contributed by atoms with Crippen LogP contribution in [0.4, 0.5) is 41.9 Å². The lowest BCUT2D eigenvalue weighted by atomic mass is 9.88. The van der Waals surface area contributed by atoms with Crippen molar-refractivity contribution < 1.29 is 27.6 Å². The quantitative estimate of drug-likeness (QED) is 0.0761. The van der Waals surface area contributed by atoms with Gasteiger partial charge in [0.25, 0.3) is 5.91 Å². The molecule has 0 bridgehead atoms. The van der Waals surface area contributed by atoms with Gasteiger partial charge in [0.15, 0.2) is 0 Å². The molecule has 1 unspecified atom stereocenters. The van der Waals surface area contributed by atoms with Gasteiger partial charge in [0.05, 0.1) is 23.6 Å². The zero-order chi connectivity index (χ0) is 39.0. The smallest absolute Gasteiger partial charge is 0.355 e. The number of nitrogens with one attached hydrogen (secondary N) is 5. The predicted molar refractivity (Wildman–Crippen MR) is 208 cm³/mol. The average molecular weight is 746 g/mol. The molecule has 13 heteroatoms. The highest BCUT2D eigenvalue weighted by Crippen LogP contribution is 2.37. The maximum atomic E-state index is 13.5. The maximum Gasteiger partial charge on any atom is 0.416 e. The van der Waals surface area contributed by atoms with E-state index < -0.39 is 35.5 Å². The lowest BCUT2D eigenvalue weighted by Crippen LogP contribution is -2.44. The first kappa shape index (κ1) is 38.0. The Hall–Kier alpha value is -6.76. The Kier molecular flexibility index (Phi) is 11.7. The van der Waals surface area contributed by atoms with Gasteiger partial charge < -0.3 is 26.6 Å². The standard InChI is InChI=1S/C42H38F3N7O3/c1-3-37(53)52-36(20-27-10-5-4-6-11-27)40(55)49-31-16-9-17-32(22-31)51-41-46-24-34(25-47-41)50-39(54)35-23-33(19-18-26(35)2)48-38(28-12-7-13-28)29-14-8-15-30(21-29)42(43,44)45/h3-6,8-11,14-19,21-25,36,48H,1,7,12-13,20H2,2H3,(H,49,55)(H,50,54)(H,52,53)(H,46,47,51). The average Bonchev–Trinajstić information content (AvgIpc) is 3.15. The van der Waals surface area contributed by atoms with E-state index in [0.717, 1.165) is 48.6 Å². The third-order valence-corrected chi connectivity index (χ3v) is 8.94. The number of carbonyl (C=O) groups excluding carboxylic acids is 3. The molecule has 3 amide bonds. The Morgan fingerprint density at radius 3 is 2.20 bits per heavy atom. The van der Waals surface area contributed by atoms with Crippen LogP contribution in [0.5, 0.6) is 0 Å². The minimum absolute atomic E-state index is 0.232. The molecule has 5 N–H and O–H groups in total. The number of aromatic nitrogens is 2. The van der Waals surface area contributed by atoms with E-state index in [1.54, 1.807) is 55.5 Å². The van der Waals surface area contributed by atoms with Crippen molar-refractivity contribution in [2.45, 2.75) is 44.8 Å². The van der Waals surface area contributed by atoms with E-state index in [9.17, 15) is 27.6 Å². The molecule has 1 fully saturated rings. The van der Waals surface area contributed by atoms with E-state index in [2.05, 4.69) is 43.1 Å². The lowest BCUT2D eigenvalue weighted by Gasteiger charge is -2.24. The predicted octanol–water partition coefficient (Wildman–Crippen LogP) is 8.66. The summed E-state index contributed by atoms with van der Waals surface area (Å²) in [5.41, 5.74) is 5.22. The van der Waals surface area contributed by atoms with Gasteiger partial charge in [-0.05, 0) is 97.0 Å². The van der Waals surface area contributed by atoms with Gasteiger partial charge in [-0.2, -0.15) is 13.2 Å². The lowest BCUT2D eigenvalue weighted by molar-refractivity contribution is -0.137. The second-order valence-corrected chi connectivity index (χ2v) is 13.0. The first-order valence-electron chi connectivity index (χ1n) is 17.5. The summed E-state index contributed by atoms with van der Waals surface area (Å²) >= 11 is 0. The molecule has 0 saturated heterocycles. The number of rotatable bonds is 13. The number of allylic oxidation sites excluding steroid dienone is 1. The van der Waals surface area contributed by atoms with Crippen molar-refractivity contribution in [2.75, 3.05) is 21.3 Å². The fourth-order valence-corrected chi connectivity index (χ4v) is 5.89. The fraction of sp³-hybridized carbons (Fsp3) is 0.167. The molecule has 0 aliphatic heterocycles. The summed E-state index contributed by atoms with van der Waals surface area (Å²) < 4.78 is 40.5. The molecular formula is C42H38F3N7O3. The Balaban J connectivity index is 1.10. The van der Waals surface area contributed by atoms with E-state index in [1.165, 1.54) is 18.5 Å². The van der Waals surface area contributed by atoms with E-state index >= 15 is 0 Å². The van der Waals surface area contributed by atoms with Crippen LogP contribution in [0.1, 0.15) is 51.9 Å². The minimum atomic E-state index is -4.47. The van der Waals surface area contributed by atoms with Crippen molar-refractivity contribution in [3.63, 3.8) is 0 Å². The van der Waals surface area contributed by atoms with E-state index in [0.29, 0.717) is 45.1 Å². The van der Waals surface area contributed by atoms with Gasteiger partial charge in [-0.3, -0.25) is 14.4 Å². The van der Waals surface area contributed by atoms with Crippen molar-refractivity contribution in [2.24, 2.45) is 0 Å². The molecular weight excluding hydrogens is 708 g/mol. The number of hydrogen-bond donors (Lipinski definition) is 5. The molecule has 0 spiro atoms. The molecule has 1 aliphatic rings. The van der Waals surface area contributed by atoms with Gasteiger partial charge in [0, 0.05) is 34.7 Å². The van der Waals surface area contributed by atoms with Crippen molar-refractivity contribution in [3.8, 4) is 0 Å². The molecule has 5 aromatic rings. The van der Waals surface area contributed by atoms with E-state index in [4.69, 9.17) is 0 Å². The molecule has 55 heavy (non-hydrogen) atoms. The Bertz CT molecular complexity index is 2230. The SMILES string of the molecule is C=CC(=O)NC(Cc1ccccc1)C(=O)Nc1cccc(Nc2ncc(NC(=O)c3cc(NC(=C4CCC4)c4cccc(C(F)(F)F)c4)ccc3C)cn2)c1. The highest BCUT2D eigenvalue weighted by Gasteiger charge is 2.31. The van der Waals surface area contributed by atoms with Gasteiger partial charge in [-0.15, -0.1) is 0 Å². The molecule has 6 rings (SSSR count). The largest absolute Gasteiger partial charge is 0.416 e. The van der Waals surface area contributed by atoms with Crippen molar-refractivity contribution in [1.29, 1.82) is 0 Å². The van der Waals surface area contributed by atoms with Crippen LogP contribution in [0.2, 0.25) is 0 Å². The normalized spacial score (nSPS) is 12.8. The summed E-state index contributed by atoms with van der Waals surface area (Å²) in [4.78, 5) is 47.3. The monoisotopic (exact) mass is 745 g/mol. The molecule has 10 nitrogen and oxygen atoms in total. The minimum Gasteiger partial charge on any atom is -0.355 e. The van der Waals surface area contributed by atoms with Crippen LogP contribution >= 0.6 is 0 Å². The van der Waals surface area contributed by atoms with Crippen LogP contribution in [-0.4, -0.2) is 33.7 Å². The Morgan fingerprint density at radius 2 is 1.51 bits per heavy atom. The molecule has 1 aromatic heterocycles. The Morgan fingerprint density at radius 1 is 0.800 bits per heavy atom. The third kappa shape index (κ3) is 10.0. The summed E-state index contributed by atoms with van der Waals surface area (Å²) in [7, 11) is 0. The second-order valence-electron chi connectivity index (χ2n) is 13.0. The topological polar surface area (TPSA) is 137 Å². The fourth-order valence-electron chi connectivity index (χ4n) is 5.89. The first-order chi connectivity index (χ1) is 26.4. The molecule has 1 atom stereocenters. The number of nitrogens with zero attached hydrogens (tertiary/aromatic N) is 2. The number of amides is 3. The van der Waals surface area contributed by atoms with Gasteiger partial charge in [0.1, 0.15) is 6.04 Å². The third-order valence-electron chi connectivity index (χ3n) is 8.94. The number of anilines is 5. The molecule has 280 valence electrons. The van der Waals surface area contributed by atoms with Crippen LogP contribution in [0, 0.1) is 6.92 Å². The maximum absolute atomic E-state index is 13.5. The van der Waals surface area contributed by atoms with Crippen LogP contribution in [0.15, 0.2) is 128 Å². The molecule has 1 aliphatic carbocycles. The Labute approximate surface area is 316 Å². The van der Waals surface area contributed by atoms with E-state index in [1.807, 2.05) is 30.3 Å². The number of aryl methyl sites for hydroxylation is 1. The summed E-state index contributed by atoms with van der Waals surface area (Å²) in [5.74, 6) is -1.06. The first-order valence-corrected chi connectivity index (χ1v) is 17.5. The summed E-state index contributed by atoms with van der Waals surface area (Å²) in [6.45, 7) is 5.27. The molecule has 0 radical (unpaired) electrons. The van der Waals surface area contributed by atoms with E-state index in [-0.39, 0.29) is 12.4 Å². The second kappa shape index (κ2) is 16.9. The molecule has 4 aromatic carbocycles. The van der Waals surface area contributed by atoms with Crippen LogP contribution in [-0.2, 0) is 22.2 Å². The summed E-state index contributed by atoms with van der Waals surface area (Å²) in [5, 5.41) is 14.7. The number of alkyl halides is 3. The van der Waals surface area contributed by atoms with Gasteiger partial charge in [-0.25, -0.2) is 9.97 Å². The van der Waals surface area contributed by atoms with Gasteiger partial charge in [0.2, 0.25) is 17.8 Å². The number of halogens is 3. The van der Waals surface area contributed by atoms with Gasteiger partial charge in [-0.1, -0.05) is 61.2 Å². The highest BCUT2D eigenvalue weighted by molar-refractivity contribution is 6.06. The molecule has 1 heterocycles. The summed E-state index contributed by atoms with van der Waals surface area (Å²) in [6, 6.07) is 25.8. The number of carbonyl (C=O) groups is 3. The zero-order valence-corrected chi connectivity index (χ0v) is 29.8.